The van der Waals surface area contributed by atoms with Crippen LogP contribution in [0.5, 0.6) is 0 Å². The van der Waals surface area contributed by atoms with Crippen LogP contribution >= 0.6 is 11.6 Å². The fourth-order valence-corrected chi connectivity index (χ4v) is 3.85. The van der Waals surface area contributed by atoms with Crippen molar-refractivity contribution in [3.05, 3.63) is 65.7 Å². The largest absolute Gasteiger partial charge is 0.379 e. The lowest BCUT2D eigenvalue weighted by Gasteiger charge is -2.09. The molecule has 0 amide bonds. The molecule has 6 heteroatoms. The zero-order valence-corrected chi connectivity index (χ0v) is 15.3. The average molecular weight is 377 g/mol. The highest BCUT2D eigenvalue weighted by Crippen LogP contribution is 2.38. The van der Waals surface area contributed by atoms with Gasteiger partial charge in [0.25, 0.3) is 0 Å². The Morgan fingerprint density at radius 2 is 1.56 bits per heavy atom. The van der Waals surface area contributed by atoms with Gasteiger partial charge in [0.15, 0.2) is 5.65 Å². The minimum absolute atomic E-state index is 0.151. The summed E-state index contributed by atoms with van der Waals surface area (Å²) in [7, 11) is 0. The lowest BCUT2D eigenvalue weighted by Crippen LogP contribution is -2.11. The summed E-state index contributed by atoms with van der Waals surface area (Å²) >= 11 is 6.86. The molecule has 0 aliphatic carbocycles. The SMILES string of the molecule is Clc1c(-c2ccccc2)nnc2c1c(-c1ccccc1)nn2C1CCOC1. The van der Waals surface area contributed by atoms with Gasteiger partial charge in [0, 0.05) is 17.7 Å². The Kier molecular flexibility index (Phi) is 4.11. The predicted molar refractivity (Wildman–Crippen MR) is 106 cm³/mol. The topological polar surface area (TPSA) is 52.8 Å². The summed E-state index contributed by atoms with van der Waals surface area (Å²) < 4.78 is 7.49. The van der Waals surface area contributed by atoms with Crippen molar-refractivity contribution in [3.63, 3.8) is 0 Å². The van der Waals surface area contributed by atoms with Gasteiger partial charge in [-0.15, -0.1) is 10.2 Å². The lowest BCUT2D eigenvalue weighted by atomic mass is 10.1. The maximum Gasteiger partial charge on any atom is 0.182 e. The molecule has 5 nitrogen and oxygen atoms in total. The van der Waals surface area contributed by atoms with Gasteiger partial charge in [0.05, 0.1) is 23.1 Å². The van der Waals surface area contributed by atoms with Gasteiger partial charge >= 0.3 is 0 Å². The first kappa shape index (κ1) is 16.4. The number of nitrogens with zero attached hydrogens (tertiary/aromatic N) is 4. The molecular weight excluding hydrogens is 360 g/mol. The van der Waals surface area contributed by atoms with E-state index in [-0.39, 0.29) is 6.04 Å². The van der Waals surface area contributed by atoms with Gasteiger partial charge in [-0.1, -0.05) is 72.3 Å². The van der Waals surface area contributed by atoms with Crippen LogP contribution in [-0.2, 0) is 4.74 Å². The molecule has 5 rings (SSSR count). The third-order valence-electron chi connectivity index (χ3n) is 4.90. The Labute approximate surface area is 161 Å². The summed E-state index contributed by atoms with van der Waals surface area (Å²) in [5, 5.41) is 15.3. The van der Waals surface area contributed by atoms with Crippen molar-refractivity contribution in [2.45, 2.75) is 12.5 Å². The molecule has 0 spiro atoms. The molecule has 1 aliphatic heterocycles. The number of rotatable bonds is 3. The summed E-state index contributed by atoms with van der Waals surface area (Å²) in [6.07, 6.45) is 0.907. The van der Waals surface area contributed by atoms with Crippen LogP contribution in [0.1, 0.15) is 12.5 Å². The van der Waals surface area contributed by atoms with Crippen molar-refractivity contribution in [2.24, 2.45) is 0 Å². The molecule has 134 valence electrons. The predicted octanol–water partition coefficient (Wildman–Crippen LogP) is 4.78. The fourth-order valence-electron chi connectivity index (χ4n) is 3.53. The van der Waals surface area contributed by atoms with E-state index < -0.39 is 0 Å². The van der Waals surface area contributed by atoms with Crippen LogP contribution in [0.25, 0.3) is 33.5 Å². The van der Waals surface area contributed by atoms with E-state index in [1.165, 1.54) is 0 Å². The minimum atomic E-state index is 0.151. The van der Waals surface area contributed by atoms with Crippen LogP contribution in [0.4, 0.5) is 0 Å². The molecule has 4 aromatic rings. The molecule has 1 fully saturated rings. The Morgan fingerprint density at radius 3 is 2.19 bits per heavy atom. The Hall–Kier alpha value is -2.76. The highest BCUT2D eigenvalue weighted by atomic mass is 35.5. The van der Waals surface area contributed by atoms with Crippen LogP contribution in [0.2, 0.25) is 5.02 Å². The van der Waals surface area contributed by atoms with E-state index in [0.29, 0.717) is 23.0 Å². The van der Waals surface area contributed by atoms with E-state index in [1.54, 1.807) is 0 Å². The number of ether oxygens (including phenoxy) is 1. The molecule has 0 radical (unpaired) electrons. The molecule has 1 aliphatic rings. The van der Waals surface area contributed by atoms with E-state index in [2.05, 4.69) is 10.2 Å². The molecule has 0 saturated carbocycles. The van der Waals surface area contributed by atoms with Gasteiger partial charge in [-0.2, -0.15) is 5.10 Å². The molecule has 2 aromatic carbocycles. The van der Waals surface area contributed by atoms with Crippen molar-refractivity contribution in [1.29, 1.82) is 0 Å². The van der Waals surface area contributed by atoms with Crippen LogP contribution in [-0.4, -0.2) is 33.2 Å². The van der Waals surface area contributed by atoms with Crippen LogP contribution < -0.4 is 0 Å². The summed E-state index contributed by atoms with van der Waals surface area (Å²) in [5.74, 6) is 0. The van der Waals surface area contributed by atoms with Gasteiger partial charge in [-0.3, -0.25) is 0 Å². The standard InChI is InChI=1S/C21H17ClN4O/c22-18-17-19(14-7-3-1-4-8-14)25-26(16-11-12-27-13-16)21(17)24-23-20(18)15-9-5-2-6-10-15/h1-10,16H,11-13H2. The molecule has 2 aromatic heterocycles. The number of hydrogen-bond donors (Lipinski definition) is 0. The van der Waals surface area contributed by atoms with Crippen molar-refractivity contribution >= 4 is 22.6 Å². The summed E-state index contributed by atoms with van der Waals surface area (Å²) in [6, 6.07) is 20.1. The van der Waals surface area contributed by atoms with E-state index >= 15 is 0 Å². The summed E-state index contributed by atoms with van der Waals surface area (Å²) in [4.78, 5) is 0. The monoisotopic (exact) mass is 376 g/mol. The highest BCUT2D eigenvalue weighted by molar-refractivity contribution is 6.38. The van der Waals surface area contributed by atoms with E-state index in [1.807, 2.05) is 65.3 Å². The number of halogens is 1. The molecular formula is C21H17ClN4O. The van der Waals surface area contributed by atoms with Crippen LogP contribution in [0, 0.1) is 0 Å². The van der Waals surface area contributed by atoms with Crippen LogP contribution in [0.15, 0.2) is 60.7 Å². The Bertz CT molecular complexity index is 1090. The smallest absolute Gasteiger partial charge is 0.182 e. The van der Waals surface area contributed by atoms with E-state index in [0.717, 1.165) is 35.2 Å². The molecule has 0 N–H and O–H groups in total. The number of hydrogen-bond acceptors (Lipinski definition) is 4. The van der Waals surface area contributed by atoms with E-state index in [9.17, 15) is 0 Å². The van der Waals surface area contributed by atoms with Gasteiger partial charge in [-0.05, 0) is 6.42 Å². The van der Waals surface area contributed by atoms with Crippen LogP contribution in [0.3, 0.4) is 0 Å². The van der Waals surface area contributed by atoms with Gasteiger partial charge < -0.3 is 4.74 Å². The van der Waals surface area contributed by atoms with Crippen molar-refractivity contribution in [2.75, 3.05) is 13.2 Å². The minimum Gasteiger partial charge on any atom is -0.379 e. The number of benzene rings is 2. The van der Waals surface area contributed by atoms with Gasteiger partial charge in [0.1, 0.15) is 11.4 Å². The maximum absolute atomic E-state index is 6.86. The third-order valence-corrected chi connectivity index (χ3v) is 5.27. The Morgan fingerprint density at radius 1 is 0.889 bits per heavy atom. The first-order valence-electron chi connectivity index (χ1n) is 8.96. The second kappa shape index (κ2) is 6.76. The second-order valence-corrected chi connectivity index (χ2v) is 6.98. The normalized spacial score (nSPS) is 16.9. The zero-order chi connectivity index (χ0) is 18.2. The first-order chi connectivity index (χ1) is 13.3. The molecule has 27 heavy (non-hydrogen) atoms. The Balaban J connectivity index is 1.79. The number of fused-ring (bicyclic) bond motifs is 1. The second-order valence-electron chi connectivity index (χ2n) is 6.60. The summed E-state index contributed by atoms with van der Waals surface area (Å²) in [5.41, 5.74) is 4.15. The van der Waals surface area contributed by atoms with E-state index in [4.69, 9.17) is 21.4 Å². The first-order valence-corrected chi connectivity index (χ1v) is 9.33. The van der Waals surface area contributed by atoms with Crippen molar-refractivity contribution in [1.82, 2.24) is 20.0 Å². The maximum atomic E-state index is 6.86. The molecule has 1 atom stereocenters. The van der Waals surface area contributed by atoms with Crippen molar-refractivity contribution < 1.29 is 4.74 Å². The summed E-state index contributed by atoms with van der Waals surface area (Å²) in [6.45, 7) is 1.36. The zero-order valence-electron chi connectivity index (χ0n) is 14.5. The lowest BCUT2D eigenvalue weighted by molar-refractivity contribution is 0.185. The molecule has 1 unspecified atom stereocenters. The molecule has 3 heterocycles. The average Bonchev–Trinajstić information content (AvgIpc) is 3.38. The van der Waals surface area contributed by atoms with Gasteiger partial charge in [-0.25, -0.2) is 4.68 Å². The quantitative estimate of drug-likeness (QED) is 0.516. The molecule has 0 bridgehead atoms. The highest BCUT2D eigenvalue weighted by Gasteiger charge is 2.26. The fraction of sp³-hybridized carbons (Fsp3) is 0.190. The molecule has 1 saturated heterocycles. The van der Waals surface area contributed by atoms with Gasteiger partial charge in [0.2, 0.25) is 0 Å². The third kappa shape index (κ3) is 2.80. The van der Waals surface area contributed by atoms with Crippen molar-refractivity contribution in [3.8, 4) is 22.5 Å². The number of aromatic nitrogens is 4.